The highest BCUT2D eigenvalue weighted by Gasteiger charge is 2.22. The zero-order valence-corrected chi connectivity index (χ0v) is 14.2. The fourth-order valence-corrected chi connectivity index (χ4v) is 3.08. The van der Waals surface area contributed by atoms with Crippen molar-refractivity contribution in [3.05, 3.63) is 0 Å². The average Bonchev–Trinajstić information content (AvgIpc) is 2.46. The number of urea groups is 1. The second-order valence-corrected chi connectivity index (χ2v) is 6.79. The molecule has 1 aliphatic rings. The van der Waals surface area contributed by atoms with Gasteiger partial charge in [-0.2, -0.15) is 11.8 Å². The molecule has 1 fully saturated rings. The summed E-state index contributed by atoms with van der Waals surface area (Å²) in [5, 5.41) is 3.64. The Morgan fingerprint density at radius 1 is 1.20 bits per heavy atom. The lowest BCUT2D eigenvalue weighted by Gasteiger charge is -2.34. The molecular weight excluding hydrogens is 270 g/mol. The van der Waals surface area contributed by atoms with Crippen LogP contribution in [0.15, 0.2) is 0 Å². The third kappa shape index (κ3) is 6.84. The van der Waals surface area contributed by atoms with E-state index in [1.54, 1.807) is 4.90 Å². The van der Waals surface area contributed by atoms with Crippen molar-refractivity contribution in [2.24, 2.45) is 0 Å². The molecule has 0 unspecified atom stereocenters. The summed E-state index contributed by atoms with van der Waals surface area (Å²) in [6, 6.07) is 0.754. The molecule has 0 bridgehead atoms. The number of rotatable bonds is 8. The Hall–Kier alpha value is -0.420. The first-order valence-electron chi connectivity index (χ1n) is 7.83. The van der Waals surface area contributed by atoms with Gasteiger partial charge in [-0.3, -0.25) is 0 Å². The van der Waals surface area contributed by atoms with Crippen LogP contribution in [0.1, 0.15) is 38.5 Å². The molecule has 0 atom stereocenters. The van der Waals surface area contributed by atoms with E-state index in [1.807, 2.05) is 30.8 Å². The number of thioether (sulfide) groups is 1. The summed E-state index contributed by atoms with van der Waals surface area (Å²) in [5.74, 6) is 1.30. The quantitative estimate of drug-likeness (QED) is 0.700. The summed E-state index contributed by atoms with van der Waals surface area (Å²) in [6.45, 7) is 2.91. The molecule has 1 rings (SSSR count). The van der Waals surface area contributed by atoms with Gasteiger partial charge in [0.25, 0.3) is 0 Å². The summed E-state index contributed by atoms with van der Waals surface area (Å²) in [7, 11) is 3.65. The van der Waals surface area contributed by atoms with Crippen molar-refractivity contribution in [2.45, 2.75) is 44.6 Å². The van der Waals surface area contributed by atoms with E-state index in [-0.39, 0.29) is 6.03 Å². The van der Waals surface area contributed by atoms with Gasteiger partial charge in [0.15, 0.2) is 0 Å². The summed E-state index contributed by atoms with van der Waals surface area (Å²) < 4.78 is 0. The topological polar surface area (TPSA) is 35.6 Å². The molecule has 0 saturated carbocycles. The monoisotopic (exact) mass is 301 g/mol. The second kappa shape index (κ2) is 10.3. The Labute approximate surface area is 128 Å². The molecule has 20 heavy (non-hydrogen) atoms. The zero-order valence-electron chi connectivity index (χ0n) is 13.4. The SMILES string of the molecule is CSCCCCCCNC1CCN(C(=O)N(C)C)CC1. The van der Waals surface area contributed by atoms with Gasteiger partial charge in [0.2, 0.25) is 0 Å². The molecule has 0 radical (unpaired) electrons. The lowest BCUT2D eigenvalue weighted by Crippen LogP contribution is -2.48. The maximum absolute atomic E-state index is 11.8. The van der Waals surface area contributed by atoms with Gasteiger partial charge in [0.05, 0.1) is 0 Å². The van der Waals surface area contributed by atoms with Gasteiger partial charge in [-0.05, 0) is 44.2 Å². The first kappa shape index (κ1) is 17.6. The van der Waals surface area contributed by atoms with Crippen LogP contribution < -0.4 is 5.32 Å². The van der Waals surface area contributed by atoms with Gasteiger partial charge in [-0.25, -0.2) is 4.79 Å². The number of carbonyl (C=O) groups is 1. The molecule has 0 spiro atoms. The van der Waals surface area contributed by atoms with Crippen molar-refractivity contribution in [1.29, 1.82) is 0 Å². The highest BCUT2D eigenvalue weighted by atomic mass is 32.2. The van der Waals surface area contributed by atoms with Gasteiger partial charge in [0, 0.05) is 33.2 Å². The van der Waals surface area contributed by atoms with Crippen LogP contribution >= 0.6 is 11.8 Å². The Bertz CT molecular complexity index is 266. The molecular formula is C15H31N3OS. The predicted molar refractivity (Wildman–Crippen MR) is 88.5 cm³/mol. The summed E-state index contributed by atoms with van der Waals surface area (Å²) in [5.41, 5.74) is 0. The van der Waals surface area contributed by atoms with Crippen LogP contribution in [0.3, 0.4) is 0 Å². The Kier molecular flexibility index (Phi) is 9.10. The van der Waals surface area contributed by atoms with Crippen LogP contribution in [0.25, 0.3) is 0 Å². The van der Waals surface area contributed by atoms with Crippen molar-refractivity contribution in [1.82, 2.24) is 15.1 Å². The number of piperidine rings is 1. The van der Waals surface area contributed by atoms with Crippen LogP contribution in [0.4, 0.5) is 4.79 Å². The third-order valence-electron chi connectivity index (χ3n) is 3.86. The number of nitrogens with zero attached hydrogens (tertiary/aromatic N) is 2. The van der Waals surface area contributed by atoms with Gasteiger partial charge >= 0.3 is 6.03 Å². The molecule has 0 aromatic heterocycles. The largest absolute Gasteiger partial charge is 0.331 e. The molecule has 118 valence electrons. The Morgan fingerprint density at radius 3 is 2.45 bits per heavy atom. The molecule has 0 aromatic carbocycles. The second-order valence-electron chi connectivity index (χ2n) is 5.80. The third-order valence-corrected chi connectivity index (χ3v) is 4.55. The molecule has 0 aromatic rings. The maximum atomic E-state index is 11.8. The molecule has 1 aliphatic heterocycles. The average molecular weight is 302 g/mol. The van der Waals surface area contributed by atoms with Crippen LogP contribution in [-0.2, 0) is 0 Å². The van der Waals surface area contributed by atoms with Gasteiger partial charge in [0.1, 0.15) is 0 Å². The van der Waals surface area contributed by atoms with Crippen molar-refractivity contribution in [3.63, 3.8) is 0 Å². The highest BCUT2D eigenvalue weighted by Crippen LogP contribution is 2.12. The molecule has 0 aliphatic carbocycles. The molecule has 1 saturated heterocycles. The number of likely N-dealkylation sites (tertiary alicyclic amines) is 1. The molecule has 1 N–H and O–H groups in total. The minimum absolute atomic E-state index is 0.150. The van der Waals surface area contributed by atoms with Crippen LogP contribution in [0.2, 0.25) is 0 Å². The van der Waals surface area contributed by atoms with Crippen molar-refractivity contribution < 1.29 is 4.79 Å². The number of hydrogen-bond acceptors (Lipinski definition) is 3. The van der Waals surface area contributed by atoms with Crippen molar-refractivity contribution >= 4 is 17.8 Å². The zero-order chi connectivity index (χ0) is 14.8. The molecule has 5 heteroatoms. The number of carbonyl (C=O) groups excluding carboxylic acids is 1. The van der Waals surface area contributed by atoms with Crippen LogP contribution in [0.5, 0.6) is 0 Å². The van der Waals surface area contributed by atoms with E-state index < -0.39 is 0 Å². The van der Waals surface area contributed by atoms with Gasteiger partial charge in [-0.15, -0.1) is 0 Å². The number of amides is 2. The van der Waals surface area contributed by atoms with E-state index in [1.165, 1.54) is 31.4 Å². The molecule has 4 nitrogen and oxygen atoms in total. The minimum Gasteiger partial charge on any atom is -0.331 e. The molecule has 1 heterocycles. The Balaban J connectivity index is 2.01. The lowest BCUT2D eigenvalue weighted by molar-refractivity contribution is 0.152. The van der Waals surface area contributed by atoms with E-state index in [2.05, 4.69) is 11.6 Å². The fourth-order valence-electron chi connectivity index (χ4n) is 2.59. The van der Waals surface area contributed by atoms with E-state index in [9.17, 15) is 4.79 Å². The number of unbranched alkanes of at least 4 members (excludes halogenated alkanes) is 3. The Morgan fingerprint density at radius 2 is 1.85 bits per heavy atom. The standard InChI is InChI=1S/C15H31N3OS/c1-17(2)15(19)18-11-8-14(9-12-18)16-10-6-4-5-7-13-20-3/h14,16H,4-13H2,1-3H3. The summed E-state index contributed by atoms with van der Waals surface area (Å²) in [4.78, 5) is 15.4. The van der Waals surface area contributed by atoms with E-state index >= 15 is 0 Å². The van der Waals surface area contributed by atoms with E-state index in [4.69, 9.17) is 0 Å². The van der Waals surface area contributed by atoms with E-state index in [0.29, 0.717) is 6.04 Å². The smallest absolute Gasteiger partial charge is 0.319 e. The summed E-state index contributed by atoms with van der Waals surface area (Å²) in [6.07, 6.45) is 9.69. The first-order valence-corrected chi connectivity index (χ1v) is 9.23. The normalized spacial score (nSPS) is 16.4. The number of hydrogen-bond donors (Lipinski definition) is 1. The van der Waals surface area contributed by atoms with Crippen molar-refractivity contribution in [2.75, 3.05) is 45.7 Å². The summed E-state index contributed by atoms with van der Waals surface area (Å²) >= 11 is 1.94. The first-order chi connectivity index (χ1) is 9.65. The predicted octanol–water partition coefficient (Wildman–Crippen LogP) is 2.65. The van der Waals surface area contributed by atoms with Crippen LogP contribution in [0, 0.1) is 0 Å². The highest BCUT2D eigenvalue weighted by molar-refractivity contribution is 7.98. The van der Waals surface area contributed by atoms with Gasteiger partial charge in [-0.1, -0.05) is 12.8 Å². The van der Waals surface area contributed by atoms with E-state index in [0.717, 1.165) is 32.5 Å². The lowest BCUT2D eigenvalue weighted by atomic mass is 10.0. The fraction of sp³-hybridized carbons (Fsp3) is 0.933. The van der Waals surface area contributed by atoms with Crippen LogP contribution in [-0.4, -0.2) is 67.6 Å². The number of nitrogens with one attached hydrogen (secondary N) is 1. The van der Waals surface area contributed by atoms with Gasteiger partial charge < -0.3 is 15.1 Å². The van der Waals surface area contributed by atoms with Crippen molar-refractivity contribution in [3.8, 4) is 0 Å². The minimum atomic E-state index is 0.150. The molecule has 2 amide bonds. The maximum Gasteiger partial charge on any atom is 0.319 e.